The Morgan fingerprint density at radius 3 is 2.68 bits per heavy atom. The molecule has 0 saturated carbocycles. The largest absolute Gasteiger partial charge is 0.507 e. The standard InChI is InChI=1S/C29H30N10O2/c30-28-24(19-22(34-35-28)21-7-1-2-8-25(21)40)37-14-16-38(17-15-37)27-10-12-31-26(33-27)9-5-11-32-29(41)23-18-20-6-3-4-13-39(20)36-23/h1-2,7-8,10,12,18-19,40H,3-4,6,11,13-17H2,(H2,30,35)(H,32,41). The van der Waals surface area contributed by atoms with Crippen LogP contribution in [0.4, 0.5) is 17.3 Å². The first-order valence-corrected chi connectivity index (χ1v) is 13.6. The second kappa shape index (κ2) is 11.5. The van der Waals surface area contributed by atoms with E-state index in [-0.39, 0.29) is 18.2 Å². The SMILES string of the molecule is Nc1nnc(-c2ccccc2O)cc1N1CCN(c2ccnc(C#CCNC(=O)c3cc4n(n3)CCCC4)n2)CC1. The molecule has 4 N–H and O–H groups in total. The van der Waals surface area contributed by atoms with E-state index in [4.69, 9.17) is 5.73 Å². The highest BCUT2D eigenvalue weighted by molar-refractivity contribution is 5.92. The first kappa shape index (κ1) is 26.1. The number of phenols is 1. The van der Waals surface area contributed by atoms with Gasteiger partial charge in [0.2, 0.25) is 5.82 Å². The first-order chi connectivity index (χ1) is 20.0. The number of nitrogens with zero attached hydrogens (tertiary/aromatic N) is 8. The van der Waals surface area contributed by atoms with Crippen LogP contribution in [0.25, 0.3) is 11.3 Å². The maximum atomic E-state index is 12.5. The van der Waals surface area contributed by atoms with Crippen molar-refractivity contribution in [3.05, 3.63) is 65.9 Å². The van der Waals surface area contributed by atoms with E-state index in [9.17, 15) is 9.90 Å². The number of piperazine rings is 1. The van der Waals surface area contributed by atoms with Crippen LogP contribution in [0, 0.1) is 11.8 Å². The number of nitrogens with two attached hydrogens (primary N) is 1. The highest BCUT2D eigenvalue weighted by Gasteiger charge is 2.22. The van der Waals surface area contributed by atoms with Gasteiger partial charge in [0.05, 0.1) is 17.9 Å². The molecule has 1 fully saturated rings. The summed E-state index contributed by atoms with van der Waals surface area (Å²) in [6.45, 7) is 3.86. The van der Waals surface area contributed by atoms with E-state index < -0.39 is 0 Å². The molecule has 41 heavy (non-hydrogen) atoms. The number of rotatable bonds is 5. The second-order valence-electron chi connectivity index (χ2n) is 9.92. The van der Waals surface area contributed by atoms with Crippen LogP contribution in [0.5, 0.6) is 5.75 Å². The molecule has 0 unspecified atom stereocenters. The summed E-state index contributed by atoms with van der Waals surface area (Å²) in [4.78, 5) is 25.7. The van der Waals surface area contributed by atoms with Gasteiger partial charge in [-0.3, -0.25) is 9.48 Å². The molecule has 3 aromatic heterocycles. The fourth-order valence-electron chi connectivity index (χ4n) is 5.10. The maximum absolute atomic E-state index is 12.5. The molecule has 0 spiro atoms. The van der Waals surface area contributed by atoms with Gasteiger partial charge in [0.15, 0.2) is 5.82 Å². The number of aryl methyl sites for hydroxylation is 2. The molecule has 0 atom stereocenters. The van der Waals surface area contributed by atoms with E-state index in [1.165, 1.54) is 0 Å². The van der Waals surface area contributed by atoms with Gasteiger partial charge >= 0.3 is 0 Å². The smallest absolute Gasteiger partial charge is 0.272 e. The number of hydrogen-bond donors (Lipinski definition) is 3. The van der Waals surface area contributed by atoms with Crippen molar-refractivity contribution in [3.63, 3.8) is 0 Å². The molecule has 2 aliphatic heterocycles. The van der Waals surface area contributed by atoms with Gasteiger partial charge in [-0.05, 0) is 55.5 Å². The lowest BCUT2D eigenvalue weighted by Gasteiger charge is -2.36. The van der Waals surface area contributed by atoms with Crippen LogP contribution in [0.2, 0.25) is 0 Å². The summed E-state index contributed by atoms with van der Waals surface area (Å²) >= 11 is 0. The average molecular weight is 551 g/mol. The van der Waals surface area contributed by atoms with Crippen molar-refractivity contribution >= 4 is 23.2 Å². The molecule has 1 aromatic carbocycles. The number of nitrogen functional groups attached to an aromatic ring is 1. The number of phenolic OH excluding ortho intramolecular Hbond substituents is 1. The number of amides is 1. The summed E-state index contributed by atoms with van der Waals surface area (Å²) in [6.07, 6.45) is 4.87. The number of hydrogen-bond acceptors (Lipinski definition) is 10. The Balaban J connectivity index is 1.06. The quantitative estimate of drug-likeness (QED) is 0.314. The van der Waals surface area contributed by atoms with E-state index in [2.05, 4.69) is 52.2 Å². The molecule has 5 heterocycles. The van der Waals surface area contributed by atoms with Crippen molar-refractivity contribution < 1.29 is 9.90 Å². The zero-order chi connectivity index (χ0) is 28.2. The number of aromatic nitrogens is 6. The number of anilines is 3. The van der Waals surface area contributed by atoms with E-state index in [1.54, 1.807) is 24.4 Å². The fraction of sp³-hybridized carbons (Fsp3) is 0.310. The summed E-state index contributed by atoms with van der Waals surface area (Å²) in [7, 11) is 0. The Morgan fingerprint density at radius 2 is 1.85 bits per heavy atom. The summed E-state index contributed by atoms with van der Waals surface area (Å²) in [6, 6.07) is 12.6. The van der Waals surface area contributed by atoms with Crippen molar-refractivity contribution in [3.8, 4) is 28.8 Å². The molecule has 12 nitrogen and oxygen atoms in total. The van der Waals surface area contributed by atoms with E-state index >= 15 is 0 Å². The van der Waals surface area contributed by atoms with Crippen LogP contribution in [0.15, 0.2) is 48.7 Å². The van der Waals surface area contributed by atoms with E-state index in [0.29, 0.717) is 54.8 Å². The molecule has 208 valence electrons. The lowest BCUT2D eigenvalue weighted by Crippen LogP contribution is -2.47. The Labute approximate surface area is 237 Å². The van der Waals surface area contributed by atoms with Crippen molar-refractivity contribution in [1.82, 2.24) is 35.3 Å². The predicted octanol–water partition coefficient (Wildman–Crippen LogP) is 1.86. The lowest BCUT2D eigenvalue weighted by atomic mass is 10.1. The number of aromatic hydroxyl groups is 1. The van der Waals surface area contributed by atoms with Crippen molar-refractivity contribution in [2.75, 3.05) is 48.3 Å². The van der Waals surface area contributed by atoms with E-state index in [0.717, 1.165) is 43.0 Å². The lowest BCUT2D eigenvalue weighted by molar-refractivity contribution is 0.0953. The molecular weight excluding hydrogens is 520 g/mol. The predicted molar refractivity (Wildman–Crippen MR) is 154 cm³/mol. The third-order valence-corrected chi connectivity index (χ3v) is 7.25. The van der Waals surface area contributed by atoms with Gasteiger partial charge < -0.3 is 26.0 Å². The Bertz CT molecular complexity index is 1610. The number of nitrogens with one attached hydrogen (secondary N) is 1. The topological polar surface area (TPSA) is 151 Å². The molecule has 6 rings (SSSR count). The van der Waals surface area contributed by atoms with Crippen molar-refractivity contribution in [2.24, 2.45) is 0 Å². The van der Waals surface area contributed by atoms with Crippen LogP contribution in [-0.2, 0) is 13.0 Å². The van der Waals surface area contributed by atoms with Gasteiger partial charge in [-0.1, -0.05) is 18.1 Å². The molecule has 0 aliphatic carbocycles. The molecule has 1 amide bonds. The Morgan fingerprint density at radius 1 is 1.02 bits per heavy atom. The molecule has 4 aromatic rings. The highest BCUT2D eigenvalue weighted by atomic mass is 16.3. The second-order valence-corrected chi connectivity index (χ2v) is 9.92. The van der Waals surface area contributed by atoms with Gasteiger partial charge in [0.25, 0.3) is 5.91 Å². The Hall–Kier alpha value is -5.18. The minimum absolute atomic E-state index is 0.142. The Kier molecular flexibility index (Phi) is 7.32. The van der Waals surface area contributed by atoms with Gasteiger partial charge in [-0.2, -0.15) is 5.10 Å². The molecular formula is C29H30N10O2. The third kappa shape index (κ3) is 5.74. The van der Waals surface area contributed by atoms with Crippen LogP contribution in [0.3, 0.4) is 0 Å². The van der Waals surface area contributed by atoms with Crippen LogP contribution < -0.4 is 20.9 Å². The van der Waals surface area contributed by atoms with Crippen LogP contribution >= 0.6 is 0 Å². The zero-order valence-electron chi connectivity index (χ0n) is 22.5. The summed E-state index contributed by atoms with van der Waals surface area (Å²) in [5.41, 5.74) is 9.67. The average Bonchev–Trinajstić information content (AvgIpc) is 3.45. The molecule has 1 saturated heterocycles. The van der Waals surface area contributed by atoms with Gasteiger partial charge in [-0.15, -0.1) is 10.2 Å². The van der Waals surface area contributed by atoms with Crippen molar-refractivity contribution in [1.29, 1.82) is 0 Å². The van der Waals surface area contributed by atoms with Gasteiger partial charge in [0, 0.05) is 50.2 Å². The third-order valence-electron chi connectivity index (χ3n) is 7.25. The van der Waals surface area contributed by atoms with Crippen LogP contribution in [-0.4, -0.2) is 73.7 Å². The summed E-state index contributed by atoms with van der Waals surface area (Å²) in [5.74, 6) is 7.32. The van der Waals surface area contributed by atoms with E-state index in [1.807, 2.05) is 28.9 Å². The van der Waals surface area contributed by atoms with Crippen molar-refractivity contribution in [2.45, 2.75) is 25.8 Å². The normalized spacial score (nSPS) is 14.6. The highest BCUT2D eigenvalue weighted by Crippen LogP contribution is 2.31. The molecule has 2 aliphatic rings. The van der Waals surface area contributed by atoms with Crippen LogP contribution in [0.1, 0.15) is 34.8 Å². The minimum Gasteiger partial charge on any atom is -0.507 e. The van der Waals surface area contributed by atoms with Gasteiger partial charge in [0.1, 0.15) is 17.3 Å². The molecule has 0 radical (unpaired) electrons. The number of carbonyl (C=O) groups excluding carboxylic acids is 1. The zero-order valence-corrected chi connectivity index (χ0v) is 22.5. The maximum Gasteiger partial charge on any atom is 0.272 e. The van der Waals surface area contributed by atoms with Gasteiger partial charge in [-0.25, -0.2) is 9.97 Å². The number of fused-ring (bicyclic) bond motifs is 1. The fourth-order valence-corrected chi connectivity index (χ4v) is 5.10. The molecule has 0 bridgehead atoms. The summed E-state index contributed by atoms with van der Waals surface area (Å²) in [5, 5.41) is 25.7. The number of benzene rings is 1. The first-order valence-electron chi connectivity index (χ1n) is 13.6. The monoisotopic (exact) mass is 550 g/mol. The minimum atomic E-state index is -0.230. The number of carbonyl (C=O) groups is 1. The number of para-hydroxylation sites is 1. The molecule has 12 heteroatoms. The summed E-state index contributed by atoms with van der Waals surface area (Å²) < 4.78 is 1.92.